The van der Waals surface area contributed by atoms with Crippen molar-refractivity contribution in [3.63, 3.8) is 0 Å². The molecular formula is C4H8NNa2O3P. The number of rotatable bonds is 1. The first kappa shape index (κ1) is 15.6. The smallest absolute Gasteiger partial charge is 0.810 e. The fraction of sp³-hybridized carbons (Fsp3) is 1.00. The summed E-state index contributed by atoms with van der Waals surface area (Å²) in [6.07, 6.45) is 1.27. The molecule has 0 amide bonds. The van der Waals surface area contributed by atoms with E-state index in [4.69, 9.17) is 0 Å². The molecule has 1 saturated heterocycles. The normalized spacial score (nSPS) is 23.6. The zero-order valence-electron chi connectivity index (χ0n) is 6.87. The Kier molecular flexibility index (Phi) is 9.27. The van der Waals surface area contributed by atoms with Gasteiger partial charge in [0.2, 0.25) is 0 Å². The Morgan fingerprint density at radius 2 is 1.91 bits per heavy atom. The molecule has 0 aromatic rings. The second-order valence-corrected chi connectivity index (χ2v) is 3.86. The molecular weight excluding hydrogens is 187 g/mol. The van der Waals surface area contributed by atoms with E-state index in [1.54, 1.807) is 0 Å². The predicted octanol–water partition coefficient (Wildman–Crippen LogP) is -7.38. The minimum Gasteiger partial charge on any atom is -0.810 e. The third-order valence-electron chi connectivity index (χ3n) is 1.42. The molecule has 0 spiro atoms. The molecule has 1 aliphatic rings. The average molecular weight is 195 g/mol. The molecule has 0 aromatic heterocycles. The van der Waals surface area contributed by atoms with Crippen LogP contribution in [0.4, 0.5) is 0 Å². The summed E-state index contributed by atoms with van der Waals surface area (Å²) in [5.74, 6) is -0.794. The summed E-state index contributed by atoms with van der Waals surface area (Å²) in [6, 6.07) is 0. The van der Waals surface area contributed by atoms with E-state index in [1.165, 1.54) is 0 Å². The van der Waals surface area contributed by atoms with E-state index >= 15 is 0 Å². The molecule has 1 heterocycles. The largest absolute Gasteiger partial charge is 1.00 e. The third-order valence-corrected chi connectivity index (χ3v) is 2.62. The van der Waals surface area contributed by atoms with Gasteiger partial charge in [-0.25, -0.2) is 0 Å². The van der Waals surface area contributed by atoms with E-state index in [0.29, 0.717) is 13.0 Å². The summed E-state index contributed by atoms with van der Waals surface area (Å²) < 4.78 is 10.2. The maximum atomic E-state index is 10.2. The van der Waals surface area contributed by atoms with Gasteiger partial charge in [-0.05, 0) is 19.4 Å². The van der Waals surface area contributed by atoms with Gasteiger partial charge in [0, 0.05) is 5.78 Å². The van der Waals surface area contributed by atoms with Gasteiger partial charge in [-0.1, -0.05) is 7.60 Å². The molecule has 1 rings (SSSR count). The van der Waals surface area contributed by atoms with Gasteiger partial charge in [0.05, 0.1) is 0 Å². The van der Waals surface area contributed by atoms with Gasteiger partial charge in [0.15, 0.2) is 0 Å². The van der Waals surface area contributed by atoms with Crippen LogP contribution in [0.1, 0.15) is 12.8 Å². The Morgan fingerprint density at radius 3 is 2.09 bits per heavy atom. The van der Waals surface area contributed by atoms with Crippen LogP contribution < -0.4 is 74.2 Å². The molecule has 4 nitrogen and oxygen atoms in total. The zero-order valence-corrected chi connectivity index (χ0v) is 11.8. The monoisotopic (exact) mass is 195 g/mol. The van der Waals surface area contributed by atoms with Gasteiger partial charge in [0.1, 0.15) is 0 Å². The van der Waals surface area contributed by atoms with E-state index in [-0.39, 0.29) is 59.1 Å². The summed E-state index contributed by atoms with van der Waals surface area (Å²) in [5.41, 5.74) is 0. The number of hydrogen-bond donors (Lipinski definition) is 1. The predicted molar refractivity (Wildman–Crippen MR) is 28.6 cm³/mol. The molecule has 1 N–H and O–H groups in total. The van der Waals surface area contributed by atoms with Crippen LogP contribution in [-0.4, -0.2) is 12.3 Å². The summed E-state index contributed by atoms with van der Waals surface area (Å²) >= 11 is 0. The fourth-order valence-electron chi connectivity index (χ4n) is 0.936. The van der Waals surface area contributed by atoms with Crippen molar-refractivity contribution in [1.82, 2.24) is 5.32 Å². The molecule has 11 heavy (non-hydrogen) atoms. The van der Waals surface area contributed by atoms with E-state index < -0.39 is 13.4 Å². The van der Waals surface area contributed by atoms with E-state index in [0.717, 1.165) is 6.42 Å². The molecule has 7 heteroatoms. The van der Waals surface area contributed by atoms with Gasteiger partial charge in [0.25, 0.3) is 0 Å². The Balaban J connectivity index is 0. The topological polar surface area (TPSA) is 75.2 Å². The van der Waals surface area contributed by atoms with Crippen molar-refractivity contribution in [2.75, 3.05) is 6.54 Å². The summed E-state index contributed by atoms with van der Waals surface area (Å²) in [7, 11) is -4.32. The second-order valence-electron chi connectivity index (χ2n) is 2.15. The Morgan fingerprint density at radius 1 is 1.36 bits per heavy atom. The van der Waals surface area contributed by atoms with Crippen molar-refractivity contribution in [3.05, 3.63) is 0 Å². The number of hydrogen-bond acceptors (Lipinski definition) is 4. The van der Waals surface area contributed by atoms with Crippen molar-refractivity contribution in [3.8, 4) is 0 Å². The van der Waals surface area contributed by atoms with Crippen molar-refractivity contribution >= 4 is 7.60 Å². The first-order chi connectivity index (χ1) is 4.11. The Hall–Kier alpha value is 2.11. The van der Waals surface area contributed by atoms with E-state index in [2.05, 4.69) is 5.32 Å². The quantitative estimate of drug-likeness (QED) is 0.333. The second kappa shape index (κ2) is 6.55. The molecule has 0 aliphatic carbocycles. The zero-order chi connectivity index (χ0) is 6.91. The molecule has 1 atom stereocenters. The maximum absolute atomic E-state index is 10.2. The fourth-order valence-corrected chi connectivity index (χ4v) is 1.79. The van der Waals surface area contributed by atoms with Crippen LogP contribution >= 0.6 is 7.60 Å². The molecule has 54 valence electrons. The molecule has 0 radical (unpaired) electrons. The van der Waals surface area contributed by atoms with Crippen LogP contribution in [0.5, 0.6) is 0 Å². The van der Waals surface area contributed by atoms with Crippen molar-refractivity contribution < 1.29 is 73.5 Å². The molecule has 1 unspecified atom stereocenters. The average Bonchev–Trinajstić information content (AvgIpc) is 2.08. The van der Waals surface area contributed by atoms with Crippen LogP contribution in [0.2, 0.25) is 0 Å². The van der Waals surface area contributed by atoms with Crippen LogP contribution in [0.3, 0.4) is 0 Å². The van der Waals surface area contributed by atoms with E-state index in [9.17, 15) is 14.4 Å². The van der Waals surface area contributed by atoms with Gasteiger partial charge in [-0.15, -0.1) is 0 Å². The number of nitrogens with one attached hydrogen (secondary N) is 1. The van der Waals surface area contributed by atoms with Gasteiger partial charge in [-0.3, -0.25) is 0 Å². The minimum atomic E-state index is -4.32. The van der Waals surface area contributed by atoms with Crippen LogP contribution in [0.25, 0.3) is 0 Å². The standard InChI is InChI=1S/C4H10NO3P.2Na/c6-9(7,8)4-2-1-3-5-4;;/h4-5H,1-3H2,(H2,6,7,8);;/q;2*+1/p-2. The van der Waals surface area contributed by atoms with E-state index in [1.807, 2.05) is 0 Å². The van der Waals surface area contributed by atoms with Gasteiger partial charge in [-0.2, -0.15) is 0 Å². The van der Waals surface area contributed by atoms with Crippen LogP contribution in [-0.2, 0) is 4.57 Å². The molecule has 0 aromatic carbocycles. The first-order valence-electron chi connectivity index (χ1n) is 2.86. The van der Waals surface area contributed by atoms with Crippen molar-refractivity contribution in [2.45, 2.75) is 18.6 Å². The maximum Gasteiger partial charge on any atom is 1.00 e. The minimum absolute atomic E-state index is 0. The van der Waals surface area contributed by atoms with Crippen LogP contribution in [0.15, 0.2) is 0 Å². The third kappa shape index (κ3) is 5.42. The molecule has 1 fully saturated rings. The Bertz CT molecular complexity index is 144. The van der Waals surface area contributed by atoms with Crippen LogP contribution in [0, 0.1) is 0 Å². The molecule has 0 bridgehead atoms. The summed E-state index contributed by atoms with van der Waals surface area (Å²) in [6.45, 7) is 0.652. The van der Waals surface area contributed by atoms with Crippen molar-refractivity contribution in [1.29, 1.82) is 0 Å². The van der Waals surface area contributed by atoms with Crippen molar-refractivity contribution in [2.24, 2.45) is 0 Å². The molecule has 1 aliphatic heterocycles. The Labute approximate surface area is 110 Å². The van der Waals surface area contributed by atoms with Gasteiger partial charge < -0.3 is 19.7 Å². The summed E-state index contributed by atoms with van der Waals surface area (Å²) in [4.78, 5) is 20.5. The summed E-state index contributed by atoms with van der Waals surface area (Å²) in [5, 5.41) is 2.61. The SMILES string of the molecule is O=P([O-])([O-])C1CCCN1.[Na+].[Na+]. The first-order valence-corrected chi connectivity index (χ1v) is 4.47. The molecule has 0 saturated carbocycles. The van der Waals surface area contributed by atoms with Gasteiger partial charge >= 0.3 is 59.1 Å².